The van der Waals surface area contributed by atoms with Gasteiger partial charge in [-0.15, -0.1) is 0 Å². The van der Waals surface area contributed by atoms with Gasteiger partial charge in [-0.25, -0.2) is 8.42 Å². The van der Waals surface area contributed by atoms with Crippen LogP contribution < -0.4 is 5.73 Å². The molecule has 6 nitrogen and oxygen atoms in total. The summed E-state index contributed by atoms with van der Waals surface area (Å²) < 4.78 is 27.1. The zero-order valence-electron chi connectivity index (χ0n) is 11.9. The SMILES string of the molecule is Cc1cccc(N)c1S(=O)(=O)N1CCN2C(=O)CCC2C1. The molecule has 0 saturated carbocycles. The van der Waals surface area contributed by atoms with Crippen molar-refractivity contribution in [1.29, 1.82) is 0 Å². The van der Waals surface area contributed by atoms with Gasteiger partial charge in [0.05, 0.1) is 5.69 Å². The highest BCUT2D eigenvalue weighted by Gasteiger charge is 2.40. The zero-order valence-corrected chi connectivity index (χ0v) is 12.8. The first-order valence-corrected chi connectivity index (χ1v) is 8.50. The molecule has 0 bridgehead atoms. The molecule has 2 heterocycles. The lowest BCUT2D eigenvalue weighted by molar-refractivity contribution is -0.130. The summed E-state index contributed by atoms with van der Waals surface area (Å²) in [6.07, 6.45) is 1.25. The number of hydrogen-bond acceptors (Lipinski definition) is 4. The maximum absolute atomic E-state index is 12.8. The molecule has 1 atom stereocenters. The van der Waals surface area contributed by atoms with Crippen LogP contribution >= 0.6 is 0 Å². The molecule has 2 saturated heterocycles. The van der Waals surface area contributed by atoms with Crippen molar-refractivity contribution < 1.29 is 13.2 Å². The van der Waals surface area contributed by atoms with Gasteiger partial charge in [-0.3, -0.25) is 4.79 Å². The average Bonchev–Trinajstić information content (AvgIpc) is 2.79. The van der Waals surface area contributed by atoms with E-state index in [1.54, 1.807) is 30.0 Å². The molecule has 2 N–H and O–H groups in total. The largest absolute Gasteiger partial charge is 0.398 e. The molecule has 2 aliphatic rings. The summed E-state index contributed by atoms with van der Waals surface area (Å²) in [5.74, 6) is 0.132. The van der Waals surface area contributed by atoms with Crippen molar-refractivity contribution in [2.75, 3.05) is 25.4 Å². The third-order valence-electron chi connectivity index (χ3n) is 4.30. The van der Waals surface area contributed by atoms with E-state index in [4.69, 9.17) is 5.73 Å². The molecule has 2 aliphatic heterocycles. The van der Waals surface area contributed by atoms with E-state index in [0.717, 1.165) is 6.42 Å². The van der Waals surface area contributed by atoms with Crippen LogP contribution in [0.2, 0.25) is 0 Å². The van der Waals surface area contributed by atoms with E-state index < -0.39 is 10.0 Å². The van der Waals surface area contributed by atoms with Crippen LogP contribution in [0.5, 0.6) is 0 Å². The van der Waals surface area contributed by atoms with Crippen LogP contribution in [0.4, 0.5) is 5.69 Å². The Bertz CT molecular complexity index is 666. The Labute approximate surface area is 124 Å². The number of piperazine rings is 1. The number of carbonyl (C=O) groups excluding carboxylic acids is 1. The molecule has 3 rings (SSSR count). The van der Waals surface area contributed by atoms with Crippen LogP contribution in [-0.4, -0.2) is 49.2 Å². The molecule has 1 aromatic carbocycles. The third-order valence-corrected chi connectivity index (χ3v) is 6.38. The van der Waals surface area contributed by atoms with Gasteiger partial charge in [-0.2, -0.15) is 4.31 Å². The van der Waals surface area contributed by atoms with Gasteiger partial charge in [0.15, 0.2) is 0 Å². The van der Waals surface area contributed by atoms with Crippen molar-refractivity contribution >= 4 is 21.6 Å². The first-order chi connectivity index (χ1) is 9.91. The van der Waals surface area contributed by atoms with Crippen LogP contribution in [0.25, 0.3) is 0 Å². The van der Waals surface area contributed by atoms with Crippen LogP contribution in [0, 0.1) is 6.92 Å². The van der Waals surface area contributed by atoms with Crippen LogP contribution in [-0.2, 0) is 14.8 Å². The molecule has 2 fully saturated rings. The average molecular weight is 309 g/mol. The number of sulfonamides is 1. The highest BCUT2D eigenvalue weighted by atomic mass is 32.2. The van der Waals surface area contributed by atoms with Crippen molar-refractivity contribution in [3.63, 3.8) is 0 Å². The van der Waals surface area contributed by atoms with Crippen molar-refractivity contribution in [2.24, 2.45) is 0 Å². The molecule has 21 heavy (non-hydrogen) atoms. The van der Waals surface area contributed by atoms with Crippen molar-refractivity contribution in [3.8, 4) is 0 Å². The molecule has 1 unspecified atom stereocenters. The van der Waals surface area contributed by atoms with Gasteiger partial charge in [0, 0.05) is 32.1 Å². The fraction of sp³-hybridized carbons (Fsp3) is 0.500. The second-order valence-corrected chi connectivity index (χ2v) is 7.51. The van der Waals surface area contributed by atoms with Crippen LogP contribution in [0.3, 0.4) is 0 Å². The van der Waals surface area contributed by atoms with Gasteiger partial charge < -0.3 is 10.6 Å². The predicted molar refractivity (Wildman–Crippen MR) is 79.1 cm³/mol. The summed E-state index contributed by atoms with van der Waals surface area (Å²) in [6, 6.07) is 5.11. The Morgan fingerprint density at radius 2 is 2.05 bits per heavy atom. The molecule has 114 valence electrons. The van der Waals surface area contributed by atoms with Gasteiger partial charge in [-0.1, -0.05) is 12.1 Å². The monoisotopic (exact) mass is 309 g/mol. The number of aryl methyl sites for hydroxylation is 1. The zero-order chi connectivity index (χ0) is 15.2. The van der Waals surface area contributed by atoms with E-state index in [1.807, 2.05) is 0 Å². The Hall–Kier alpha value is -1.60. The lowest BCUT2D eigenvalue weighted by Crippen LogP contribution is -2.53. The molecule has 0 aromatic heterocycles. The molecular formula is C14H19N3O3S. The summed E-state index contributed by atoms with van der Waals surface area (Å²) in [6.45, 7) is 2.91. The Kier molecular flexibility index (Phi) is 3.41. The van der Waals surface area contributed by atoms with Crippen molar-refractivity contribution in [2.45, 2.75) is 30.7 Å². The molecular weight excluding hydrogens is 290 g/mol. The van der Waals surface area contributed by atoms with Gasteiger partial charge in [-0.05, 0) is 25.0 Å². The van der Waals surface area contributed by atoms with E-state index in [0.29, 0.717) is 31.6 Å². The topological polar surface area (TPSA) is 83.7 Å². The quantitative estimate of drug-likeness (QED) is 0.810. The number of rotatable bonds is 2. The van der Waals surface area contributed by atoms with E-state index in [2.05, 4.69) is 0 Å². The lowest BCUT2D eigenvalue weighted by atomic mass is 10.2. The van der Waals surface area contributed by atoms with Crippen LogP contribution in [0.1, 0.15) is 18.4 Å². The fourth-order valence-corrected chi connectivity index (χ4v) is 5.00. The number of carbonyl (C=O) groups is 1. The number of nitrogen functional groups attached to an aromatic ring is 1. The molecule has 1 amide bonds. The van der Waals surface area contributed by atoms with E-state index in [-0.39, 0.29) is 22.5 Å². The van der Waals surface area contributed by atoms with Crippen molar-refractivity contribution in [3.05, 3.63) is 23.8 Å². The highest BCUT2D eigenvalue weighted by Crippen LogP contribution is 2.30. The minimum Gasteiger partial charge on any atom is -0.398 e. The number of hydrogen-bond donors (Lipinski definition) is 1. The number of nitrogens with two attached hydrogens (primary N) is 1. The number of nitrogens with zero attached hydrogens (tertiary/aromatic N) is 2. The molecule has 0 radical (unpaired) electrons. The van der Waals surface area contributed by atoms with Crippen molar-refractivity contribution in [1.82, 2.24) is 9.21 Å². The summed E-state index contributed by atoms with van der Waals surface area (Å²) in [5.41, 5.74) is 6.80. The summed E-state index contributed by atoms with van der Waals surface area (Å²) in [7, 11) is -3.61. The number of fused-ring (bicyclic) bond motifs is 1. The number of amides is 1. The lowest BCUT2D eigenvalue weighted by Gasteiger charge is -2.37. The Morgan fingerprint density at radius 3 is 2.76 bits per heavy atom. The predicted octanol–water partition coefficient (Wildman–Crippen LogP) is 0.573. The minimum atomic E-state index is -3.61. The standard InChI is InChI=1S/C14H19N3O3S/c1-10-3-2-4-12(15)14(10)21(19,20)16-7-8-17-11(9-16)5-6-13(17)18/h2-4,11H,5-9,15H2,1H3. The van der Waals surface area contributed by atoms with E-state index >= 15 is 0 Å². The molecule has 0 aliphatic carbocycles. The molecule has 7 heteroatoms. The summed E-state index contributed by atoms with van der Waals surface area (Å²) in [4.78, 5) is 13.7. The smallest absolute Gasteiger partial charge is 0.245 e. The number of anilines is 1. The third kappa shape index (κ3) is 2.30. The van der Waals surface area contributed by atoms with Crippen LogP contribution in [0.15, 0.2) is 23.1 Å². The fourth-order valence-electron chi connectivity index (χ4n) is 3.21. The first-order valence-electron chi connectivity index (χ1n) is 7.06. The number of benzene rings is 1. The van der Waals surface area contributed by atoms with Gasteiger partial charge >= 0.3 is 0 Å². The maximum Gasteiger partial charge on any atom is 0.245 e. The van der Waals surface area contributed by atoms with Gasteiger partial charge in [0.25, 0.3) is 0 Å². The molecule has 0 spiro atoms. The minimum absolute atomic E-state index is 0.00580. The highest BCUT2D eigenvalue weighted by molar-refractivity contribution is 7.89. The second kappa shape index (κ2) is 4.99. The second-order valence-electron chi connectivity index (χ2n) is 5.64. The molecule has 1 aromatic rings. The maximum atomic E-state index is 12.8. The summed E-state index contributed by atoms with van der Waals surface area (Å²) in [5, 5.41) is 0. The van der Waals surface area contributed by atoms with Gasteiger partial charge in [0.1, 0.15) is 4.90 Å². The van der Waals surface area contributed by atoms with E-state index in [1.165, 1.54) is 4.31 Å². The normalized spacial score (nSPS) is 23.4. The Balaban J connectivity index is 1.91. The Morgan fingerprint density at radius 1 is 1.29 bits per heavy atom. The first kappa shape index (κ1) is 14.3. The van der Waals surface area contributed by atoms with E-state index in [9.17, 15) is 13.2 Å². The summed E-state index contributed by atoms with van der Waals surface area (Å²) >= 11 is 0. The van der Waals surface area contributed by atoms with Gasteiger partial charge in [0.2, 0.25) is 15.9 Å².